The lowest BCUT2D eigenvalue weighted by Crippen LogP contribution is -2.31. The Kier molecular flexibility index (Phi) is 5.25. The number of ether oxygens (including phenoxy) is 1. The summed E-state index contributed by atoms with van der Waals surface area (Å²) in [5, 5.41) is 0. The third-order valence-corrected chi connectivity index (χ3v) is 2.67. The van der Waals surface area contributed by atoms with E-state index in [1.165, 1.54) is 12.1 Å². The fourth-order valence-corrected chi connectivity index (χ4v) is 1.64. The molecule has 1 aromatic carbocycles. The van der Waals surface area contributed by atoms with Crippen LogP contribution in [0.5, 0.6) is 0 Å². The number of hydrogen-bond acceptors (Lipinski definition) is 3. The minimum atomic E-state index is -0.592. The smallest absolute Gasteiger partial charge is 0.179 e. The van der Waals surface area contributed by atoms with E-state index in [9.17, 15) is 9.18 Å². The lowest BCUT2D eigenvalue weighted by Gasteiger charge is -2.12. The number of halogens is 1. The normalized spacial score (nSPS) is 12.5. The molecule has 0 aromatic heterocycles. The molecule has 0 amide bonds. The summed E-state index contributed by atoms with van der Waals surface area (Å²) in [6, 6.07) is 3.58. The lowest BCUT2D eigenvalue weighted by molar-refractivity contribution is 0.0949. The highest BCUT2D eigenvalue weighted by Gasteiger charge is 2.17. The Hall–Kier alpha value is -1.26. The van der Waals surface area contributed by atoms with Gasteiger partial charge in [-0.1, -0.05) is 6.07 Å². The number of carbonyl (C=O) groups excluding carboxylic acids is 1. The molecule has 94 valence electrons. The van der Waals surface area contributed by atoms with Crippen molar-refractivity contribution in [3.05, 3.63) is 35.1 Å². The van der Waals surface area contributed by atoms with Crippen molar-refractivity contribution in [2.24, 2.45) is 5.73 Å². The minimum absolute atomic E-state index is 0.210. The Bertz CT molecular complexity index is 393. The molecule has 17 heavy (non-hydrogen) atoms. The van der Waals surface area contributed by atoms with E-state index in [0.717, 1.165) is 12.0 Å². The van der Waals surface area contributed by atoms with Gasteiger partial charge < -0.3 is 10.5 Å². The van der Waals surface area contributed by atoms with Gasteiger partial charge in [0.2, 0.25) is 0 Å². The van der Waals surface area contributed by atoms with Crippen molar-refractivity contribution in [3.63, 3.8) is 0 Å². The first-order chi connectivity index (χ1) is 8.06. The predicted octanol–water partition coefficient (Wildman–Crippen LogP) is 2.07. The molecule has 0 aliphatic carbocycles. The van der Waals surface area contributed by atoms with Crippen LogP contribution in [0.3, 0.4) is 0 Å². The molecule has 3 nitrogen and oxygen atoms in total. The van der Waals surface area contributed by atoms with Crippen LogP contribution in [0.15, 0.2) is 18.2 Å². The van der Waals surface area contributed by atoms with Gasteiger partial charge >= 0.3 is 0 Å². The topological polar surface area (TPSA) is 52.3 Å². The van der Waals surface area contributed by atoms with Crippen molar-refractivity contribution in [1.82, 2.24) is 0 Å². The highest BCUT2D eigenvalue weighted by Crippen LogP contribution is 2.13. The summed E-state index contributed by atoms with van der Waals surface area (Å²) in [6.45, 7) is 2.34. The molecule has 2 N–H and O–H groups in total. The number of ketones is 1. The summed E-state index contributed by atoms with van der Waals surface area (Å²) < 4.78 is 18.0. The molecule has 1 rings (SSSR count). The van der Waals surface area contributed by atoms with E-state index in [4.69, 9.17) is 10.5 Å². The standard InChI is InChI=1S/C13H18FNO2/c1-9-5-6-10(14)8-11(9)13(16)12(15)4-3-7-17-2/h5-6,8,12H,3-4,7,15H2,1-2H3. The quantitative estimate of drug-likeness (QED) is 0.610. The Morgan fingerprint density at radius 2 is 2.24 bits per heavy atom. The average molecular weight is 239 g/mol. The van der Waals surface area contributed by atoms with Crippen molar-refractivity contribution in [2.45, 2.75) is 25.8 Å². The fourth-order valence-electron chi connectivity index (χ4n) is 1.64. The zero-order valence-corrected chi connectivity index (χ0v) is 10.2. The number of Topliss-reactive ketones (excluding diaryl/α,β-unsaturated/α-hetero) is 1. The molecule has 1 unspecified atom stereocenters. The van der Waals surface area contributed by atoms with Crippen molar-refractivity contribution in [3.8, 4) is 0 Å². The summed E-state index contributed by atoms with van der Waals surface area (Å²) in [5.74, 6) is -0.624. The van der Waals surface area contributed by atoms with Gasteiger partial charge in [-0.05, 0) is 37.5 Å². The van der Waals surface area contributed by atoms with Crippen LogP contribution < -0.4 is 5.73 Å². The maximum Gasteiger partial charge on any atom is 0.179 e. The summed E-state index contributed by atoms with van der Waals surface area (Å²) in [5.41, 5.74) is 6.90. The highest BCUT2D eigenvalue weighted by atomic mass is 19.1. The number of nitrogens with two attached hydrogens (primary N) is 1. The van der Waals surface area contributed by atoms with Gasteiger partial charge in [-0.2, -0.15) is 0 Å². The monoisotopic (exact) mass is 239 g/mol. The molecular formula is C13H18FNO2. The van der Waals surface area contributed by atoms with E-state index < -0.39 is 11.9 Å². The second kappa shape index (κ2) is 6.47. The minimum Gasteiger partial charge on any atom is -0.385 e. The van der Waals surface area contributed by atoms with Crippen LogP contribution >= 0.6 is 0 Å². The summed E-state index contributed by atoms with van der Waals surface area (Å²) in [7, 11) is 1.60. The van der Waals surface area contributed by atoms with E-state index in [0.29, 0.717) is 18.6 Å². The van der Waals surface area contributed by atoms with E-state index in [1.54, 1.807) is 20.1 Å². The first-order valence-corrected chi connectivity index (χ1v) is 5.61. The number of carbonyl (C=O) groups is 1. The van der Waals surface area contributed by atoms with Crippen LogP contribution in [0, 0.1) is 12.7 Å². The highest BCUT2D eigenvalue weighted by molar-refractivity contribution is 6.01. The maximum atomic E-state index is 13.1. The molecule has 0 spiro atoms. The number of hydrogen-bond donors (Lipinski definition) is 1. The van der Waals surface area contributed by atoms with Crippen LogP contribution in [0.2, 0.25) is 0 Å². The molecule has 1 atom stereocenters. The first kappa shape index (κ1) is 13.8. The van der Waals surface area contributed by atoms with Gasteiger partial charge in [0.05, 0.1) is 6.04 Å². The summed E-state index contributed by atoms with van der Waals surface area (Å²) in [6.07, 6.45) is 1.26. The molecular weight excluding hydrogens is 221 g/mol. The van der Waals surface area contributed by atoms with Crippen LogP contribution in [-0.4, -0.2) is 25.5 Å². The second-order valence-electron chi connectivity index (χ2n) is 4.07. The van der Waals surface area contributed by atoms with E-state index in [-0.39, 0.29) is 5.78 Å². The Balaban J connectivity index is 2.71. The van der Waals surface area contributed by atoms with Crippen molar-refractivity contribution >= 4 is 5.78 Å². The molecule has 0 saturated heterocycles. The molecule has 0 saturated carbocycles. The zero-order chi connectivity index (χ0) is 12.8. The van der Waals surface area contributed by atoms with Crippen LogP contribution in [0.1, 0.15) is 28.8 Å². The molecule has 1 aromatic rings. The van der Waals surface area contributed by atoms with Crippen molar-refractivity contribution in [2.75, 3.05) is 13.7 Å². The lowest BCUT2D eigenvalue weighted by atomic mass is 9.97. The number of rotatable bonds is 6. The Labute approximate surface area is 101 Å². The van der Waals surface area contributed by atoms with Gasteiger partial charge in [-0.15, -0.1) is 0 Å². The van der Waals surface area contributed by atoms with Crippen LogP contribution in [0.4, 0.5) is 4.39 Å². The summed E-state index contributed by atoms with van der Waals surface area (Å²) in [4.78, 5) is 12.0. The van der Waals surface area contributed by atoms with E-state index in [2.05, 4.69) is 0 Å². The van der Waals surface area contributed by atoms with Gasteiger partial charge in [0.1, 0.15) is 5.82 Å². The summed E-state index contributed by atoms with van der Waals surface area (Å²) >= 11 is 0. The maximum absolute atomic E-state index is 13.1. The number of benzene rings is 1. The van der Waals surface area contributed by atoms with Gasteiger partial charge in [0.25, 0.3) is 0 Å². The first-order valence-electron chi connectivity index (χ1n) is 5.61. The molecule has 0 aliphatic heterocycles. The number of aryl methyl sites for hydroxylation is 1. The Morgan fingerprint density at radius 3 is 2.88 bits per heavy atom. The largest absolute Gasteiger partial charge is 0.385 e. The van der Waals surface area contributed by atoms with E-state index in [1.807, 2.05) is 0 Å². The second-order valence-corrected chi connectivity index (χ2v) is 4.07. The zero-order valence-electron chi connectivity index (χ0n) is 10.2. The molecule has 0 heterocycles. The molecule has 0 aliphatic rings. The van der Waals surface area contributed by atoms with Gasteiger partial charge in [0, 0.05) is 19.3 Å². The molecule has 4 heteroatoms. The third kappa shape index (κ3) is 3.91. The van der Waals surface area contributed by atoms with Gasteiger partial charge in [0.15, 0.2) is 5.78 Å². The predicted molar refractivity (Wildman–Crippen MR) is 64.6 cm³/mol. The van der Waals surface area contributed by atoms with Gasteiger partial charge in [-0.3, -0.25) is 4.79 Å². The fraction of sp³-hybridized carbons (Fsp3) is 0.462. The van der Waals surface area contributed by atoms with Crippen LogP contribution in [-0.2, 0) is 4.74 Å². The van der Waals surface area contributed by atoms with Crippen LogP contribution in [0.25, 0.3) is 0 Å². The molecule has 0 radical (unpaired) electrons. The van der Waals surface area contributed by atoms with Crippen molar-refractivity contribution < 1.29 is 13.9 Å². The Morgan fingerprint density at radius 1 is 1.53 bits per heavy atom. The average Bonchev–Trinajstić information content (AvgIpc) is 2.31. The third-order valence-electron chi connectivity index (χ3n) is 2.67. The van der Waals surface area contributed by atoms with Crippen molar-refractivity contribution in [1.29, 1.82) is 0 Å². The number of methoxy groups -OCH3 is 1. The molecule has 0 bridgehead atoms. The molecule has 0 fully saturated rings. The SMILES string of the molecule is COCCCC(N)C(=O)c1cc(F)ccc1C. The van der Waals surface area contributed by atoms with E-state index >= 15 is 0 Å². The van der Waals surface area contributed by atoms with Gasteiger partial charge in [-0.25, -0.2) is 4.39 Å².